The number of benzene rings is 5. The first kappa shape index (κ1) is 69.6. The lowest BCUT2D eigenvalue weighted by molar-refractivity contribution is -0.122. The summed E-state index contributed by atoms with van der Waals surface area (Å²) in [7, 11) is 1.92. The van der Waals surface area contributed by atoms with Gasteiger partial charge in [0, 0.05) is 114 Å². The number of fused-ring (bicyclic) bond motifs is 11. The first-order valence-corrected chi connectivity index (χ1v) is 35.4. The van der Waals surface area contributed by atoms with Crippen molar-refractivity contribution in [2.75, 3.05) is 0 Å². The van der Waals surface area contributed by atoms with E-state index in [0.29, 0.717) is 76.8 Å². The van der Waals surface area contributed by atoms with Crippen molar-refractivity contribution >= 4 is 39.3 Å². The van der Waals surface area contributed by atoms with Gasteiger partial charge in [0.1, 0.15) is 28.9 Å². The number of hydrogen-bond acceptors (Lipinski definition) is 11. The third-order valence-corrected chi connectivity index (χ3v) is 23.0. The lowest BCUT2D eigenvalue weighted by atomic mass is 9.58. The van der Waals surface area contributed by atoms with E-state index in [-0.39, 0.29) is 93.0 Å². The first-order valence-electron chi connectivity index (χ1n) is 35.4. The second-order valence-corrected chi connectivity index (χ2v) is 29.1. The third kappa shape index (κ3) is 11.4. The Bertz CT molecular complexity index is 5820. The van der Waals surface area contributed by atoms with E-state index in [1.165, 1.54) is 24.3 Å². The maximum absolute atomic E-state index is 15.2. The van der Waals surface area contributed by atoms with Gasteiger partial charge in [-0.1, -0.05) is 127 Å². The maximum Gasteiger partial charge on any atom is 0.226 e. The molecule has 0 aliphatic heterocycles. The van der Waals surface area contributed by atoms with E-state index in [4.69, 9.17) is 44.6 Å². The predicted octanol–water partition coefficient (Wildman–Crippen LogP) is 18.3. The van der Waals surface area contributed by atoms with E-state index in [1.807, 2.05) is 101 Å². The van der Waals surface area contributed by atoms with Crippen molar-refractivity contribution in [3.05, 3.63) is 284 Å². The van der Waals surface area contributed by atoms with Crippen molar-refractivity contribution in [3.8, 4) is 67.9 Å². The van der Waals surface area contributed by atoms with Gasteiger partial charge in [-0.3, -0.25) is 4.98 Å². The second-order valence-electron chi connectivity index (χ2n) is 29.1. The van der Waals surface area contributed by atoms with E-state index in [2.05, 4.69) is 43.3 Å². The number of aromatic nitrogens is 9. The Balaban J connectivity index is 0.000000128. The van der Waals surface area contributed by atoms with E-state index in [9.17, 15) is 23.2 Å². The molecule has 0 fully saturated rings. The Morgan fingerprint density at radius 2 is 0.783 bits per heavy atom. The highest BCUT2D eigenvalue weighted by molar-refractivity contribution is 6.02. The van der Waals surface area contributed by atoms with Gasteiger partial charge in [-0.15, -0.1) is 0 Å². The molecule has 6 aromatic heterocycles. The lowest BCUT2D eigenvalue weighted by Gasteiger charge is -2.46. The number of para-hydroxylation sites is 1. The topological polar surface area (TPSA) is 172 Å². The Kier molecular flexibility index (Phi) is 17.6. The number of aryl methyl sites for hydroxylation is 2. The van der Waals surface area contributed by atoms with Gasteiger partial charge < -0.3 is 19.0 Å². The number of carbonyl (C=O) groups excluding carboxylic acids is 3. The number of pyridine rings is 2. The number of ketones is 3. The molecule has 106 heavy (non-hydrogen) atoms. The summed E-state index contributed by atoms with van der Waals surface area (Å²) in [5.74, 6) is -1.86. The van der Waals surface area contributed by atoms with Crippen LogP contribution in [0, 0.1) is 85.4 Å². The number of nitrogens with zero attached hydrogens (tertiary/aromatic N) is 12. The van der Waals surface area contributed by atoms with Crippen LogP contribution in [-0.4, -0.2) is 61.8 Å². The highest BCUT2D eigenvalue weighted by Crippen LogP contribution is 2.55. The first-order chi connectivity index (χ1) is 51.0. The molecule has 5 aromatic carbocycles. The van der Waals surface area contributed by atoms with E-state index in [0.717, 1.165) is 79.7 Å². The Hall–Kier alpha value is -12.1. The molecular weight excluding hydrogens is 1340 g/mol. The van der Waals surface area contributed by atoms with Crippen molar-refractivity contribution in [2.24, 2.45) is 42.6 Å². The second kappa shape index (κ2) is 26.8. The van der Waals surface area contributed by atoms with Gasteiger partial charge in [0.05, 0.1) is 65.0 Å². The minimum atomic E-state index is -0.732. The van der Waals surface area contributed by atoms with Gasteiger partial charge in [0.25, 0.3) is 0 Å². The molecule has 0 spiro atoms. The number of hydrogen-bond donors (Lipinski definition) is 0. The summed E-state index contributed by atoms with van der Waals surface area (Å²) in [5, 5.41) is 1.82. The number of carbonyl (C=O) groups is 3. The molecule has 0 saturated carbocycles. The zero-order valence-corrected chi connectivity index (χ0v) is 59.5. The van der Waals surface area contributed by atoms with Crippen LogP contribution in [0.4, 0.5) is 17.6 Å². The van der Waals surface area contributed by atoms with Crippen molar-refractivity contribution in [2.45, 2.75) is 103 Å². The summed E-state index contributed by atoms with van der Waals surface area (Å²) >= 11 is 0. The summed E-state index contributed by atoms with van der Waals surface area (Å²) in [6.45, 7) is 36.4. The summed E-state index contributed by atoms with van der Waals surface area (Å²) in [5.41, 5.74) is 10.1. The highest BCUT2D eigenvalue weighted by Gasteiger charge is 2.53. The quantitative estimate of drug-likeness (QED) is 0.115. The highest BCUT2D eigenvalue weighted by atomic mass is 19.1. The molecule has 0 bridgehead atoms. The number of halogens is 4. The largest absolute Gasteiger partial charge is 0.335 e. The van der Waals surface area contributed by atoms with Crippen LogP contribution in [0.3, 0.4) is 0 Å². The van der Waals surface area contributed by atoms with Gasteiger partial charge >= 0.3 is 0 Å². The number of rotatable bonds is 6. The van der Waals surface area contributed by atoms with Gasteiger partial charge in [-0.05, 0) is 136 Å². The molecule has 6 heterocycles. The van der Waals surface area contributed by atoms with Crippen molar-refractivity contribution in [1.29, 1.82) is 0 Å². The number of Topliss-reactive ketones (excluding diaryl/α,β-unsaturated/α-hetero) is 3. The number of allylic oxidation sites excluding steroid dienone is 6. The molecule has 6 aliphatic carbocycles. The summed E-state index contributed by atoms with van der Waals surface area (Å²) in [6.07, 6.45) is 13.0. The zero-order valence-electron chi connectivity index (χ0n) is 59.5. The lowest BCUT2D eigenvalue weighted by Crippen LogP contribution is -2.46. The molecule has 0 amide bonds. The van der Waals surface area contributed by atoms with E-state index < -0.39 is 27.9 Å². The Morgan fingerprint density at radius 1 is 0.434 bits per heavy atom. The summed E-state index contributed by atoms with van der Waals surface area (Å²) in [6, 6.07) is 39.6. The Morgan fingerprint density at radius 3 is 1.18 bits per heavy atom. The molecule has 0 unspecified atom stereocenters. The van der Waals surface area contributed by atoms with E-state index in [1.54, 1.807) is 91.2 Å². The average molecular weight is 1410 g/mol. The van der Waals surface area contributed by atoms with Crippen LogP contribution in [0.2, 0.25) is 0 Å². The van der Waals surface area contributed by atoms with Gasteiger partial charge in [0.2, 0.25) is 17.1 Å². The monoisotopic (exact) mass is 1410 g/mol. The maximum atomic E-state index is 15.2. The molecule has 0 radical (unpaired) electrons. The SMILES string of the molecule is [C-]#[N+]C1=C[C@@]2(C)c3nc(-c4cc(C)nc5ccccc45)nc(-c4ccccc4F)c3CC[C@@H]2[C@@H](C)C1=O.[C-]#[N+]C1=C[C@@]2(C)c3nc(-c4ccccc4F)nc(-c4ccccc4F)c3CC[C@@H]2[C@@H](C)C1=O.[C-]#[N+]C1=C[C@@]2(C)c3nc(-c4cn(C)c5ncccc45)nc(-c4ccccc4F)c3CC[C@@H]2[C@@H](C)C1=O. The van der Waals surface area contributed by atoms with Crippen molar-refractivity contribution in [1.82, 2.24) is 44.4 Å². The summed E-state index contributed by atoms with van der Waals surface area (Å²) in [4.78, 5) is 87.9. The fraction of sp³-hybridized carbons (Fsp3) is 0.264. The zero-order chi connectivity index (χ0) is 74.4. The molecule has 9 atom stereocenters. The molecular formula is C87H70F4N12O3. The smallest absolute Gasteiger partial charge is 0.226 e. The molecule has 19 heteroatoms. The van der Waals surface area contributed by atoms with Crippen LogP contribution in [0.25, 0.3) is 104 Å². The van der Waals surface area contributed by atoms with Gasteiger partial charge in [0.15, 0.2) is 34.8 Å². The molecule has 6 aliphatic rings. The van der Waals surface area contributed by atoms with Crippen LogP contribution >= 0.6 is 0 Å². The van der Waals surface area contributed by atoms with Gasteiger partial charge in [-0.2, -0.15) is 0 Å². The standard InChI is InChI=1S/C31H25FN4O.C29H24FN5O.C27H21F2N3O/c1-17-15-22(19-9-6-8-12-25(19)34-17)30-35-27(20-10-5-7-11-24(20)32)21-13-14-23-18(2)28(37)26(33-4)16-31(23,3)29(21)36-30;1-16-21-12-11-19-24(18-8-5-6-10-22(18)30)33-27(20-15-35(4)28-17(20)9-7-13-32-28)34-26(19)29(21,2)14-23(31-3)25(16)36;1-15-19-13-12-18-23(16-8-4-6-10-20(16)28)31-26(17-9-5-7-11-21(17)29)32-25(18)27(19,2)14-22(30-3)24(15)33/h5-12,15-16,18,23H,13-14H2,1-3H3;5-10,13-16,21H,11-12H2,1-2,4H3;4-11,14-15,19H,12-13H2,1-2H3/t18-,23-,31-;16-,21-,29-;15-,19-,27-/m111/s1. The molecule has 0 saturated heterocycles. The van der Waals surface area contributed by atoms with Crippen molar-refractivity contribution < 1.29 is 31.9 Å². The van der Waals surface area contributed by atoms with Crippen LogP contribution < -0.4 is 0 Å². The molecule has 15 nitrogen and oxygen atoms in total. The third-order valence-electron chi connectivity index (χ3n) is 23.0. The fourth-order valence-corrected chi connectivity index (χ4v) is 17.8. The van der Waals surface area contributed by atoms with Crippen LogP contribution in [0.1, 0.15) is 100 Å². The van der Waals surface area contributed by atoms with E-state index >= 15 is 8.78 Å². The van der Waals surface area contributed by atoms with Gasteiger partial charge in [-0.25, -0.2) is 67.0 Å². The van der Waals surface area contributed by atoms with Crippen LogP contribution in [-0.2, 0) is 56.9 Å². The van der Waals surface area contributed by atoms with Crippen molar-refractivity contribution in [3.63, 3.8) is 0 Å². The summed E-state index contributed by atoms with van der Waals surface area (Å²) < 4.78 is 61.9. The fourth-order valence-electron chi connectivity index (χ4n) is 17.8. The Labute approximate surface area is 610 Å². The van der Waals surface area contributed by atoms with Crippen LogP contribution in [0.15, 0.2) is 187 Å². The van der Waals surface area contributed by atoms with Crippen LogP contribution in [0.5, 0.6) is 0 Å². The average Bonchev–Trinajstić information content (AvgIpc) is 0.777. The molecule has 0 N–H and O–H groups in total. The molecule has 11 aromatic rings. The minimum Gasteiger partial charge on any atom is -0.335 e. The normalized spacial score (nSPS) is 23.2. The molecule has 524 valence electrons. The predicted molar refractivity (Wildman–Crippen MR) is 397 cm³/mol. The molecule has 17 rings (SSSR count). The minimum absolute atomic E-state index is 0.00611.